The average molecular weight is 476 g/mol. The van der Waals surface area contributed by atoms with Crippen LogP contribution in [0.3, 0.4) is 0 Å². The van der Waals surface area contributed by atoms with Crippen molar-refractivity contribution in [1.29, 1.82) is 0 Å². The second kappa shape index (κ2) is 11.5. The van der Waals surface area contributed by atoms with Crippen LogP contribution in [0.25, 0.3) is 0 Å². The van der Waals surface area contributed by atoms with E-state index in [1.165, 1.54) is 0 Å². The number of aliphatic imine (C=N–C) groups is 1. The topological polar surface area (TPSA) is 69.1 Å². The zero-order chi connectivity index (χ0) is 18.2. The van der Waals surface area contributed by atoms with Gasteiger partial charge in [-0.1, -0.05) is 12.1 Å². The van der Waals surface area contributed by atoms with Gasteiger partial charge in [-0.2, -0.15) is 0 Å². The smallest absolute Gasteiger partial charge is 0.191 e. The van der Waals surface area contributed by atoms with Crippen LogP contribution in [0.15, 0.2) is 23.2 Å². The molecule has 1 heterocycles. The van der Waals surface area contributed by atoms with E-state index in [0.29, 0.717) is 24.4 Å². The number of ether oxygens (including phenoxy) is 1. The lowest BCUT2D eigenvalue weighted by atomic mass is 10.0. The summed E-state index contributed by atoms with van der Waals surface area (Å²) in [5.41, 5.74) is 0.756. The molecule has 0 unspecified atom stereocenters. The fraction of sp³-hybridized carbons (Fsp3) is 0.632. The summed E-state index contributed by atoms with van der Waals surface area (Å²) >= 11 is 0. The fourth-order valence-corrected chi connectivity index (χ4v) is 3.10. The second-order valence-electron chi connectivity index (χ2n) is 6.71. The first-order valence-electron chi connectivity index (χ1n) is 9.18. The zero-order valence-corrected chi connectivity index (χ0v) is 18.6. The maximum atomic E-state index is 10.2. The van der Waals surface area contributed by atoms with Crippen molar-refractivity contribution < 1.29 is 9.84 Å². The molecule has 26 heavy (non-hydrogen) atoms. The molecule has 1 fully saturated rings. The van der Waals surface area contributed by atoms with Crippen LogP contribution < -0.4 is 15.4 Å². The van der Waals surface area contributed by atoms with E-state index in [1.54, 1.807) is 13.2 Å². The molecule has 0 spiro atoms. The van der Waals surface area contributed by atoms with Crippen molar-refractivity contribution in [2.45, 2.75) is 52.2 Å². The molecule has 0 amide bonds. The Hall–Kier alpha value is -1.22. The third-order valence-corrected chi connectivity index (χ3v) is 4.65. The molecule has 0 atom stereocenters. The number of phenolic OH excluding ortho intramolecular Hbond substituents is 1. The van der Waals surface area contributed by atoms with E-state index < -0.39 is 0 Å². The maximum Gasteiger partial charge on any atom is 0.191 e. The van der Waals surface area contributed by atoms with Crippen LogP contribution in [0.2, 0.25) is 0 Å². The number of guanidine groups is 1. The predicted molar refractivity (Wildman–Crippen MR) is 118 cm³/mol. The van der Waals surface area contributed by atoms with Gasteiger partial charge in [-0.25, -0.2) is 4.99 Å². The van der Waals surface area contributed by atoms with Gasteiger partial charge < -0.3 is 25.4 Å². The average Bonchev–Trinajstić information content (AvgIpc) is 2.61. The number of rotatable bonds is 6. The Morgan fingerprint density at radius 3 is 2.62 bits per heavy atom. The molecule has 1 aromatic rings. The third kappa shape index (κ3) is 6.50. The maximum absolute atomic E-state index is 10.2. The molecule has 1 aliphatic heterocycles. The number of nitrogens with zero attached hydrogens (tertiary/aromatic N) is 2. The fourth-order valence-electron chi connectivity index (χ4n) is 3.10. The van der Waals surface area contributed by atoms with Gasteiger partial charge in [-0.15, -0.1) is 24.0 Å². The number of benzene rings is 1. The molecule has 2 rings (SSSR count). The highest BCUT2D eigenvalue weighted by molar-refractivity contribution is 14.0. The molecule has 0 bridgehead atoms. The van der Waals surface area contributed by atoms with Gasteiger partial charge in [0.25, 0.3) is 0 Å². The Morgan fingerprint density at radius 1 is 1.35 bits per heavy atom. The Kier molecular flexibility index (Phi) is 10.1. The predicted octanol–water partition coefficient (Wildman–Crippen LogP) is 2.95. The van der Waals surface area contributed by atoms with Crippen LogP contribution in [-0.4, -0.2) is 54.8 Å². The molecule has 0 aromatic heterocycles. The van der Waals surface area contributed by atoms with E-state index in [4.69, 9.17) is 4.74 Å². The number of aromatic hydroxyl groups is 1. The van der Waals surface area contributed by atoms with Crippen molar-refractivity contribution in [1.82, 2.24) is 15.5 Å². The SMILES string of the molecule is CCNC(=NCc1cccc(OC)c1O)NC1CCN(C(C)C)CC1.I. The van der Waals surface area contributed by atoms with Crippen LogP contribution in [0.1, 0.15) is 39.2 Å². The van der Waals surface area contributed by atoms with Gasteiger partial charge in [0.2, 0.25) is 0 Å². The summed E-state index contributed by atoms with van der Waals surface area (Å²) in [7, 11) is 1.55. The van der Waals surface area contributed by atoms with Crippen molar-refractivity contribution in [3.8, 4) is 11.5 Å². The number of likely N-dealkylation sites (tertiary alicyclic amines) is 1. The van der Waals surface area contributed by atoms with Gasteiger partial charge in [-0.05, 0) is 39.7 Å². The molecule has 1 aromatic carbocycles. The number of nitrogens with one attached hydrogen (secondary N) is 2. The third-order valence-electron chi connectivity index (χ3n) is 4.65. The van der Waals surface area contributed by atoms with Crippen LogP contribution >= 0.6 is 24.0 Å². The summed E-state index contributed by atoms with van der Waals surface area (Å²) in [6.07, 6.45) is 2.24. The Balaban J connectivity index is 0.00000338. The molecule has 1 saturated heterocycles. The van der Waals surface area contributed by atoms with Crippen LogP contribution in [0.5, 0.6) is 11.5 Å². The van der Waals surface area contributed by atoms with Gasteiger partial charge in [0.15, 0.2) is 17.5 Å². The number of methoxy groups -OCH3 is 1. The van der Waals surface area contributed by atoms with Crippen LogP contribution in [-0.2, 0) is 6.54 Å². The highest BCUT2D eigenvalue weighted by atomic mass is 127. The van der Waals surface area contributed by atoms with E-state index in [0.717, 1.165) is 44.0 Å². The van der Waals surface area contributed by atoms with Crippen molar-refractivity contribution >= 4 is 29.9 Å². The Morgan fingerprint density at radius 2 is 2.04 bits per heavy atom. The lowest BCUT2D eigenvalue weighted by Crippen LogP contribution is -2.49. The highest BCUT2D eigenvalue weighted by Gasteiger charge is 2.21. The van der Waals surface area contributed by atoms with Crippen molar-refractivity contribution in [2.24, 2.45) is 4.99 Å². The number of para-hydroxylation sites is 1. The molecule has 0 aliphatic carbocycles. The van der Waals surface area contributed by atoms with E-state index in [-0.39, 0.29) is 29.7 Å². The minimum atomic E-state index is 0. The van der Waals surface area contributed by atoms with Crippen molar-refractivity contribution in [3.63, 3.8) is 0 Å². The lowest BCUT2D eigenvalue weighted by molar-refractivity contribution is 0.167. The minimum absolute atomic E-state index is 0. The highest BCUT2D eigenvalue weighted by Crippen LogP contribution is 2.29. The summed E-state index contributed by atoms with van der Waals surface area (Å²) in [6.45, 7) is 10.0. The molecule has 7 heteroatoms. The number of piperidine rings is 1. The summed E-state index contributed by atoms with van der Waals surface area (Å²) in [4.78, 5) is 7.14. The minimum Gasteiger partial charge on any atom is -0.504 e. The van der Waals surface area contributed by atoms with Crippen molar-refractivity contribution in [2.75, 3.05) is 26.7 Å². The number of hydrogen-bond donors (Lipinski definition) is 3. The summed E-state index contributed by atoms with van der Waals surface area (Å²) in [5, 5.41) is 17.0. The molecule has 6 nitrogen and oxygen atoms in total. The molecule has 0 saturated carbocycles. The van der Waals surface area contributed by atoms with E-state index in [2.05, 4.69) is 41.3 Å². The number of phenols is 1. The monoisotopic (exact) mass is 476 g/mol. The van der Waals surface area contributed by atoms with Crippen LogP contribution in [0.4, 0.5) is 0 Å². The number of hydrogen-bond acceptors (Lipinski definition) is 4. The van der Waals surface area contributed by atoms with E-state index in [9.17, 15) is 5.11 Å². The van der Waals surface area contributed by atoms with Gasteiger partial charge in [0.1, 0.15) is 0 Å². The normalized spacial score (nSPS) is 16.3. The van der Waals surface area contributed by atoms with E-state index >= 15 is 0 Å². The first-order chi connectivity index (χ1) is 12.0. The van der Waals surface area contributed by atoms with Gasteiger partial charge in [0, 0.05) is 37.3 Å². The molecular formula is C19H33IN4O2. The first-order valence-corrected chi connectivity index (χ1v) is 9.18. The van der Waals surface area contributed by atoms with Crippen molar-refractivity contribution in [3.05, 3.63) is 23.8 Å². The van der Waals surface area contributed by atoms with Gasteiger partial charge in [0.05, 0.1) is 13.7 Å². The number of halogens is 1. The lowest BCUT2D eigenvalue weighted by Gasteiger charge is -2.35. The molecular weight excluding hydrogens is 443 g/mol. The largest absolute Gasteiger partial charge is 0.504 e. The summed E-state index contributed by atoms with van der Waals surface area (Å²) in [5.74, 6) is 1.44. The van der Waals surface area contributed by atoms with Gasteiger partial charge in [-0.3, -0.25) is 0 Å². The molecule has 3 N–H and O–H groups in total. The second-order valence-corrected chi connectivity index (χ2v) is 6.71. The van der Waals surface area contributed by atoms with Gasteiger partial charge >= 0.3 is 0 Å². The van der Waals surface area contributed by atoms with Crippen LogP contribution in [0, 0.1) is 0 Å². The molecule has 0 radical (unpaired) electrons. The first kappa shape index (κ1) is 22.8. The molecule has 148 valence electrons. The summed E-state index contributed by atoms with van der Waals surface area (Å²) < 4.78 is 5.16. The summed E-state index contributed by atoms with van der Waals surface area (Å²) in [6, 6.07) is 6.52. The van der Waals surface area contributed by atoms with E-state index in [1.807, 2.05) is 12.1 Å². The quantitative estimate of drug-likeness (QED) is 0.335. The Labute approximate surface area is 174 Å². The Bertz CT molecular complexity index is 573. The zero-order valence-electron chi connectivity index (χ0n) is 16.3. The molecule has 1 aliphatic rings. The standard InChI is InChI=1S/C19H32N4O2.HI/c1-5-20-19(22-16-9-11-23(12-10-16)14(2)3)21-13-15-7-6-8-17(25-4)18(15)24;/h6-8,14,16,24H,5,9-13H2,1-4H3,(H2,20,21,22);1H.